The number of halogens is 3. The Balaban J connectivity index is 0.000000260. The van der Waals surface area contributed by atoms with Crippen LogP contribution in [0.1, 0.15) is 24.1 Å². The van der Waals surface area contributed by atoms with Gasteiger partial charge in [-0.3, -0.25) is 0 Å². The normalized spacial score (nSPS) is 14.0. The molecule has 1 aromatic carbocycles. The molecule has 0 amide bonds. The maximum atomic E-state index is 10.7. The molecule has 2 aromatic rings. The van der Waals surface area contributed by atoms with Gasteiger partial charge in [0.1, 0.15) is 7.05 Å². The van der Waals surface area contributed by atoms with Crippen LogP contribution < -0.4 is 4.57 Å². The number of aliphatic imine (C=N–C) groups is 1. The van der Waals surface area contributed by atoms with Crippen molar-refractivity contribution >= 4 is 44.1 Å². The van der Waals surface area contributed by atoms with Gasteiger partial charge in [-0.05, 0) is 37.5 Å². The molecule has 10 heteroatoms. The number of pyridine rings is 1. The van der Waals surface area contributed by atoms with Crippen molar-refractivity contribution in [3.8, 4) is 0 Å². The summed E-state index contributed by atoms with van der Waals surface area (Å²) in [6.07, 6.45) is 4.74. The van der Waals surface area contributed by atoms with E-state index >= 15 is 0 Å². The first-order valence-electron chi connectivity index (χ1n) is 7.60. The van der Waals surface area contributed by atoms with Crippen molar-refractivity contribution in [2.45, 2.75) is 31.2 Å². The van der Waals surface area contributed by atoms with Crippen LogP contribution in [0.5, 0.6) is 0 Å². The van der Waals surface area contributed by atoms with E-state index in [2.05, 4.69) is 46.0 Å². The Morgan fingerprint density at radius 3 is 2.38 bits per heavy atom. The average Bonchev–Trinajstić information content (AvgIpc) is 2.57. The van der Waals surface area contributed by atoms with Gasteiger partial charge in [0.05, 0.1) is 16.2 Å². The van der Waals surface area contributed by atoms with Crippen LogP contribution in [0.3, 0.4) is 0 Å². The highest BCUT2D eigenvalue weighted by atomic mass is 32.2. The van der Waals surface area contributed by atoms with Crippen LogP contribution in [-0.4, -0.2) is 23.6 Å². The van der Waals surface area contributed by atoms with Crippen molar-refractivity contribution in [2.75, 3.05) is 0 Å². The molecule has 26 heavy (non-hydrogen) atoms. The Hall–Kier alpha value is -1.87. The number of para-hydroxylation sites is 1. The Morgan fingerprint density at radius 1 is 1.23 bits per heavy atom. The lowest BCUT2D eigenvalue weighted by Crippen LogP contribution is -2.37. The van der Waals surface area contributed by atoms with Gasteiger partial charge < -0.3 is 4.55 Å². The molecule has 5 nitrogen and oxygen atoms in total. The summed E-state index contributed by atoms with van der Waals surface area (Å²) >= 11 is 4.81. The fourth-order valence-electron chi connectivity index (χ4n) is 2.96. The number of hydrogen-bond acceptors (Lipinski definition) is 5. The molecule has 0 bridgehead atoms. The molecule has 1 aromatic heterocycles. The Kier molecular flexibility index (Phi) is 6.13. The minimum Gasteiger partial charge on any atom is -0.741 e. The van der Waals surface area contributed by atoms with E-state index in [0.717, 1.165) is 18.5 Å². The molecule has 140 valence electrons. The number of hydrogen-bond donors (Lipinski definition) is 0. The zero-order valence-electron chi connectivity index (χ0n) is 13.7. The lowest BCUT2D eigenvalue weighted by atomic mass is 9.92. The molecule has 0 spiro atoms. The Morgan fingerprint density at radius 2 is 1.81 bits per heavy atom. The van der Waals surface area contributed by atoms with Crippen LogP contribution in [0.2, 0.25) is 0 Å². The van der Waals surface area contributed by atoms with Gasteiger partial charge in [-0.25, -0.2) is 8.42 Å². The second kappa shape index (κ2) is 7.79. The summed E-state index contributed by atoms with van der Waals surface area (Å²) in [5, 5.41) is 3.72. The number of thiocarbonyl (C=S) groups is 1. The average molecular weight is 404 g/mol. The third-order valence-corrected chi connectivity index (χ3v) is 4.75. The molecule has 0 saturated carbocycles. The smallest absolute Gasteiger partial charge is 0.485 e. The summed E-state index contributed by atoms with van der Waals surface area (Å²) in [5.74, 6) is 0. The number of isothiocyanates is 1. The van der Waals surface area contributed by atoms with Crippen LogP contribution >= 0.6 is 12.2 Å². The first-order valence-corrected chi connectivity index (χ1v) is 9.42. The fraction of sp³-hybridized carbons (Fsp3) is 0.375. The number of alkyl halides is 3. The standard InChI is InChI=1S/C15H15N2S.CHF3O3S/c1-17-13-8-4-2-6-11(13)15(16-10-18)12-7-3-5-9-14(12)17;2-1(3,4)8(5,6)7/h2,4,6,8H,3,5,7,9H2,1H3;(H,5,6,7)/q+1;/p-1. The molecule has 0 fully saturated rings. The topological polar surface area (TPSA) is 73.4 Å². The van der Waals surface area contributed by atoms with E-state index in [1.165, 1.54) is 35.0 Å². The first kappa shape index (κ1) is 20.4. The third kappa shape index (κ3) is 4.27. The van der Waals surface area contributed by atoms with Crippen molar-refractivity contribution in [3.63, 3.8) is 0 Å². The van der Waals surface area contributed by atoms with E-state index in [0.29, 0.717) is 0 Å². The van der Waals surface area contributed by atoms with Crippen LogP contribution in [0.25, 0.3) is 10.9 Å². The van der Waals surface area contributed by atoms with Gasteiger partial charge in [0.15, 0.2) is 15.8 Å². The van der Waals surface area contributed by atoms with Gasteiger partial charge >= 0.3 is 5.51 Å². The summed E-state index contributed by atoms with van der Waals surface area (Å²) in [4.78, 5) is 4.34. The molecule has 1 heterocycles. The second-order valence-electron chi connectivity index (χ2n) is 5.66. The molecule has 0 radical (unpaired) electrons. The fourth-order valence-corrected chi connectivity index (χ4v) is 3.05. The van der Waals surface area contributed by atoms with Gasteiger partial charge in [-0.2, -0.15) is 22.7 Å². The predicted molar refractivity (Wildman–Crippen MR) is 92.2 cm³/mol. The molecule has 3 rings (SSSR count). The minimum atomic E-state index is -6.09. The van der Waals surface area contributed by atoms with E-state index < -0.39 is 15.6 Å². The molecular formula is C16H15F3N2O3S2. The SMILES string of the molecule is C[n+]1c2c(c(N=C=S)c3ccccc31)CCCC2.O=S(=O)([O-])C(F)(F)F. The van der Waals surface area contributed by atoms with Crippen molar-refractivity contribution in [1.29, 1.82) is 0 Å². The monoisotopic (exact) mass is 404 g/mol. The van der Waals surface area contributed by atoms with Gasteiger partial charge in [0.25, 0.3) is 0 Å². The van der Waals surface area contributed by atoms with Gasteiger partial charge in [-0.15, -0.1) is 0 Å². The van der Waals surface area contributed by atoms with E-state index in [1.807, 2.05) is 0 Å². The lowest BCUT2D eigenvalue weighted by Gasteiger charge is -2.16. The van der Waals surface area contributed by atoms with Crippen molar-refractivity contribution in [3.05, 3.63) is 35.5 Å². The van der Waals surface area contributed by atoms with Crippen LogP contribution in [0.15, 0.2) is 29.3 Å². The zero-order valence-corrected chi connectivity index (χ0v) is 15.3. The van der Waals surface area contributed by atoms with Crippen molar-refractivity contribution < 1.29 is 30.7 Å². The third-order valence-electron chi connectivity index (χ3n) is 4.09. The van der Waals surface area contributed by atoms with Crippen molar-refractivity contribution in [1.82, 2.24) is 0 Å². The van der Waals surface area contributed by atoms with Crippen LogP contribution in [-0.2, 0) is 30.0 Å². The molecule has 0 aliphatic heterocycles. The molecule has 0 atom stereocenters. The highest BCUT2D eigenvalue weighted by Gasteiger charge is 2.36. The maximum absolute atomic E-state index is 10.7. The van der Waals surface area contributed by atoms with E-state index in [4.69, 9.17) is 25.2 Å². The maximum Gasteiger partial charge on any atom is 0.485 e. The largest absolute Gasteiger partial charge is 0.741 e. The highest BCUT2D eigenvalue weighted by Crippen LogP contribution is 2.33. The van der Waals surface area contributed by atoms with Gasteiger partial charge in [-0.1, -0.05) is 12.1 Å². The molecule has 0 N–H and O–H groups in total. The number of nitrogens with zero attached hydrogens (tertiary/aromatic N) is 2. The first-order chi connectivity index (χ1) is 12.1. The van der Waals surface area contributed by atoms with Crippen LogP contribution in [0, 0.1) is 0 Å². The summed E-state index contributed by atoms with van der Waals surface area (Å²) < 4.78 is 61.2. The zero-order chi connectivity index (χ0) is 19.5. The molecular weight excluding hydrogens is 389 g/mol. The molecule has 1 aliphatic carbocycles. The second-order valence-corrected chi connectivity index (χ2v) is 7.21. The van der Waals surface area contributed by atoms with Gasteiger partial charge in [0, 0.05) is 18.1 Å². The van der Waals surface area contributed by atoms with Gasteiger partial charge in [0.2, 0.25) is 5.52 Å². The predicted octanol–water partition coefficient (Wildman–Crippen LogP) is 3.33. The highest BCUT2D eigenvalue weighted by molar-refractivity contribution is 7.86. The molecule has 0 unspecified atom stereocenters. The van der Waals surface area contributed by atoms with E-state index in [-0.39, 0.29) is 0 Å². The summed E-state index contributed by atoms with van der Waals surface area (Å²) in [7, 11) is -3.94. The van der Waals surface area contributed by atoms with E-state index in [9.17, 15) is 13.2 Å². The van der Waals surface area contributed by atoms with Crippen LogP contribution in [0.4, 0.5) is 18.9 Å². The molecule has 1 aliphatic rings. The lowest BCUT2D eigenvalue weighted by molar-refractivity contribution is -0.653. The Labute approximate surface area is 153 Å². The number of aryl methyl sites for hydroxylation is 1. The minimum absolute atomic E-state index is 1.04. The van der Waals surface area contributed by atoms with E-state index in [1.54, 1.807) is 0 Å². The molecule has 0 saturated heterocycles. The quantitative estimate of drug-likeness (QED) is 0.240. The number of benzene rings is 1. The van der Waals surface area contributed by atoms with Crippen molar-refractivity contribution in [2.24, 2.45) is 12.0 Å². The number of fused-ring (bicyclic) bond motifs is 2. The summed E-state index contributed by atoms with van der Waals surface area (Å²) in [6.45, 7) is 0. The number of aromatic nitrogens is 1. The summed E-state index contributed by atoms with van der Waals surface area (Å²) in [6, 6.07) is 8.39. The Bertz CT molecular complexity index is 982. The summed E-state index contributed by atoms with van der Waals surface area (Å²) in [5.41, 5.74) is -0.619. The number of rotatable bonds is 1.